The summed E-state index contributed by atoms with van der Waals surface area (Å²) in [5.74, 6) is 0.202. The van der Waals surface area contributed by atoms with Gasteiger partial charge in [-0.25, -0.2) is 4.68 Å². The van der Waals surface area contributed by atoms with Crippen LogP contribution in [0.1, 0.15) is 16.8 Å². The number of nitrogens with zero attached hydrogens (tertiary/aromatic N) is 4. The van der Waals surface area contributed by atoms with Gasteiger partial charge < -0.3 is 5.32 Å². The molecule has 0 aliphatic heterocycles. The fourth-order valence-corrected chi connectivity index (χ4v) is 2.86. The fourth-order valence-electron chi connectivity index (χ4n) is 2.43. The molecule has 0 saturated carbocycles. The van der Waals surface area contributed by atoms with Crippen molar-refractivity contribution in [1.82, 2.24) is 19.6 Å². The number of hydrogen-bond donors (Lipinski definition) is 1. The van der Waals surface area contributed by atoms with E-state index in [0.717, 1.165) is 11.3 Å². The van der Waals surface area contributed by atoms with Gasteiger partial charge in [0.25, 0.3) is 0 Å². The molecule has 3 rings (SSSR count). The number of hydrogen-bond acceptors (Lipinski definition) is 3. The van der Waals surface area contributed by atoms with Crippen molar-refractivity contribution >= 4 is 41.0 Å². The minimum Gasteiger partial charge on any atom is -0.306 e. The van der Waals surface area contributed by atoms with E-state index in [9.17, 15) is 4.79 Å². The molecule has 1 aromatic carbocycles. The van der Waals surface area contributed by atoms with Crippen LogP contribution in [0.3, 0.4) is 0 Å². The van der Waals surface area contributed by atoms with Crippen molar-refractivity contribution in [1.29, 1.82) is 0 Å². The number of rotatable bonds is 5. The lowest BCUT2D eigenvalue weighted by Crippen LogP contribution is -2.08. The maximum atomic E-state index is 12.0. The quantitative estimate of drug-likeness (QED) is 0.672. The third-order valence-electron chi connectivity index (χ3n) is 3.72. The highest BCUT2D eigenvalue weighted by Gasteiger charge is 2.12. The van der Waals surface area contributed by atoms with Crippen molar-refractivity contribution in [3.63, 3.8) is 0 Å². The van der Waals surface area contributed by atoms with Gasteiger partial charge in [0.05, 0.1) is 12.2 Å². The first kappa shape index (κ1) is 18.2. The third-order valence-corrected chi connectivity index (χ3v) is 4.37. The van der Waals surface area contributed by atoms with Gasteiger partial charge in [0, 0.05) is 36.0 Å². The molecule has 0 unspecified atom stereocenters. The van der Waals surface area contributed by atoms with Gasteiger partial charge in [-0.3, -0.25) is 9.48 Å². The number of aryl methyl sites for hydroxylation is 2. The highest BCUT2D eigenvalue weighted by atomic mass is 35.5. The number of nitrogens with one attached hydrogen (secondary N) is 1. The first-order chi connectivity index (χ1) is 12.4. The lowest BCUT2D eigenvalue weighted by molar-refractivity contribution is -0.111. The lowest BCUT2D eigenvalue weighted by atomic mass is 10.2. The maximum absolute atomic E-state index is 12.0. The molecule has 6 nitrogen and oxygen atoms in total. The summed E-state index contributed by atoms with van der Waals surface area (Å²) in [5, 5.41) is 12.4. The average molecular weight is 390 g/mol. The summed E-state index contributed by atoms with van der Waals surface area (Å²) in [5.41, 5.74) is 2.48. The second kappa shape index (κ2) is 7.76. The van der Waals surface area contributed by atoms with Gasteiger partial charge >= 0.3 is 0 Å². The normalized spacial score (nSPS) is 11.2. The smallest absolute Gasteiger partial charge is 0.249 e. The van der Waals surface area contributed by atoms with E-state index >= 15 is 0 Å². The predicted octanol–water partition coefficient (Wildman–Crippen LogP) is 3.93. The van der Waals surface area contributed by atoms with E-state index < -0.39 is 0 Å². The van der Waals surface area contributed by atoms with Crippen LogP contribution in [-0.2, 0) is 18.4 Å². The van der Waals surface area contributed by atoms with Gasteiger partial charge in [-0.15, -0.1) is 0 Å². The number of aromatic nitrogens is 4. The van der Waals surface area contributed by atoms with E-state index in [1.165, 1.54) is 6.08 Å². The van der Waals surface area contributed by atoms with Gasteiger partial charge in [0.15, 0.2) is 5.82 Å². The second-order valence-corrected chi connectivity index (χ2v) is 6.57. The van der Waals surface area contributed by atoms with Crippen LogP contribution in [-0.4, -0.2) is 25.5 Å². The van der Waals surface area contributed by atoms with Gasteiger partial charge in [-0.2, -0.15) is 10.2 Å². The van der Waals surface area contributed by atoms with Crippen LogP contribution in [0, 0.1) is 6.92 Å². The Morgan fingerprint density at radius 2 is 1.92 bits per heavy atom. The summed E-state index contributed by atoms with van der Waals surface area (Å²) in [6.45, 7) is 2.37. The Hall–Kier alpha value is -2.57. The van der Waals surface area contributed by atoms with Crippen LogP contribution in [0.5, 0.6) is 0 Å². The first-order valence-electron chi connectivity index (χ1n) is 7.88. The summed E-state index contributed by atoms with van der Waals surface area (Å²) >= 11 is 12.3. The minimum atomic E-state index is -0.287. The lowest BCUT2D eigenvalue weighted by Gasteiger charge is -2.03. The second-order valence-electron chi connectivity index (χ2n) is 5.77. The van der Waals surface area contributed by atoms with Crippen LogP contribution in [0.15, 0.2) is 42.6 Å². The Balaban J connectivity index is 1.72. The molecular weight excluding hydrogens is 373 g/mol. The average Bonchev–Trinajstić information content (AvgIpc) is 3.11. The topological polar surface area (TPSA) is 64.7 Å². The van der Waals surface area contributed by atoms with Gasteiger partial charge in [0.2, 0.25) is 5.91 Å². The molecule has 0 atom stereocenters. The predicted molar refractivity (Wildman–Crippen MR) is 103 cm³/mol. The molecule has 3 aromatic rings. The Labute approximate surface area is 161 Å². The van der Waals surface area contributed by atoms with Crippen molar-refractivity contribution in [2.24, 2.45) is 7.05 Å². The Morgan fingerprint density at radius 1 is 1.19 bits per heavy atom. The molecule has 0 bridgehead atoms. The van der Waals surface area contributed by atoms with E-state index in [0.29, 0.717) is 28.1 Å². The molecule has 26 heavy (non-hydrogen) atoms. The molecule has 0 fully saturated rings. The number of amides is 1. The Bertz CT molecular complexity index is 957. The van der Waals surface area contributed by atoms with Crippen molar-refractivity contribution < 1.29 is 4.79 Å². The number of carbonyl (C=O) groups excluding carboxylic acids is 1. The van der Waals surface area contributed by atoms with Crippen molar-refractivity contribution in [2.45, 2.75) is 13.5 Å². The zero-order chi connectivity index (χ0) is 18.7. The van der Waals surface area contributed by atoms with E-state index in [1.54, 1.807) is 34.8 Å². The standard InChI is InChI=1S/C18H17Cl2N5O/c1-12-15(7-8-17(26)21-16-9-10-24(2)23-16)18(20)25(22-12)11-13-3-5-14(19)6-4-13/h3-10H,11H2,1-2H3,(H,21,23,26)/b8-7+. The Morgan fingerprint density at radius 3 is 2.58 bits per heavy atom. The van der Waals surface area contributed by atoms with E-state index in [4.69, 9.17) is 23.2 Å². The molecule has 134 valence electrons. The van der Waals surface area contributed by atoms with Crippen molar-refractivity contribution in [3.8, 4) is 0 Å². The minimum absolute atomic E-state index is 0.287. The summed E-state index contributed by atoms with van der Waals surface area (Å²) in [6, 6.07) is 9.21. The SMILES string of the molecule is Cc1nn(Cc2ccc(Cl)cc2)c(Cl)c1/C=C/C(=O)Nc1ccn(C)n1. The van der Waals surface area contributed by atoms with E-state index in [1.807, 2.05) is 31.2 Å². The zero-order valence-electron chi connectivity index (χ0n) is 14.3. The third kappa shape index (κ3) is 4.33. The molecule has 1 N–H and O–H groups in total. The molecule has 0 aliphatic rings. The van der Waals surface area contributed by atoms with Crippen LogP contribution >= 0.6 is 23.2 Å². The molecule has 0 saturated heterocycles. The molecule has 1 amide bonds. The van der Waals surface area contributed by atoms with E-state index in [-0.39, 0.29) is 5.91 Å². The summed E-state index contributed by atoms with van der Waals surface area (Å²) < 4.78 is 3.30. The number of carbonyl (C=O) groups is 1. The van der Waals surface area contributed by atoms with Crippen LogP contribution < -0.4 is 5.32 Å². The number of halogens is 2. The number of anilines is 1. The number of benzene rings is 1. The highest BCUT2D eigenvalue weighted by Crippen LogP contribution is 2.22. The van der Waals surface area contributed by atoms with E-state index in [2.05, 4.69) is 15.5 Å². The summed E-state index contributed by atoms with van der Waals surface area (Å²) in [4.78, 5) is 12.0. The summed E-state index contributed by atoms with van der Waals surface area (Å²) in [7, 11) is 1.78. The summed E-state index contributed by atoms with van der Waals surface area (Å²) in [6.07, 6.45) is 4.82. The monoisotopic (exact) mass is 389 g/mol. The molecule has 0 radical (unpaired) electrons. The molecule has 8 heteroatoms. The Kier molecular flexibility index (Phi) is 5.44. The molecule has 2 heterocycles. The molecule has 0 spiro atoms. The van der Waals surface area contributed by atoms with Crippen LogP contribution in [0.25, 0.3) is 6.08 Å². The maximum Gasteiger partial charge on any atom is 0.249 e. The largest absolute Gasteiger partial charge is 0.306 e. The molecular formula is C18H17Cl2N5O. The van der Waals surface area contributed by atoms with Crippen molar-refractivity contribution in [3.05, 3.63) is 69.6 Å². The van der Waals surface area contributed by atoms with Crippen LogP contribution in [0.4, 0.5) is 5.82 Å². The van der Waals surface area contributed by atoms with Gasteiger partial charge in [0.1, 0.15) is 5.15 Å². The molecule has 2 aromatic heterocycles. The van der Waals surface area contributed by atoms with Gasteiger partial charge in [-0.05, 0) is 30.7 Å². The van der Waals surface area contributed by atoms with Gasteiger partial charge in [-0.1, -0.05) is 35.3 Å². The van der Waals surface area contributed by atoms with Crippen molar-refractivity contribution in [2.75, 3.05) is 5.32 Å². The first-order valence-corrected chi connectivity index (χ1v) is 8.64. The fraction of sp³-hybridized carbons (Fsp3) is 0.167. The zero-order valence-corrected chi connectivity index (χ0v) is 15.8. The van der Waals surface area contributed by atoms with Crippen LogP contribution in [0.2, 0.25) is 10.2 Å². The highest BCUT2D eigenvalue weighted by molar-refractivity contribution is 6.31. The molecule has 0 aliphatic carbocycles.